The number of amides is 1. The lowest BCUT2D eigenvalue weighted by atomic mass is 10.00. The number of oxime groups is 1. The first kappa shape index (κ1) is 18.5. The SMILES string of the molecule is COc1cccc(CN(CC2CC(c3ccccc3C)=NO2)C(=O)C2CC2)c1. The minimum atomic E-state index is -0.108. The van der Waals surface area contributed by atoms with Crippen molar-refractivity contribution in [3.05, 3.63) is 65.2 Å². The molecule has 1 heterocycles. The van der Waals surface area contributed by atoms with Gasteiger partial charge >= 0.3 is 0 Å². The molecule has 4 rings (SSSR count). The van der Waals surface area contributed by atoms with Gasteiger partial charge in [-0.3, -0.25) is 4.79 Å². The van der Waals surface area contributed by atoms with E-state index in [0.29, 0.717) is 13.1 Å². The Bertz CT molecular complexity index is 889. The lowest BCUT2D eigenvalue weighted by Gasteiger charge is -2.25. The molecule has 1 saturated carbocycles. The standard InChI is InChI=1S/C23H26N2O3/c1-16-6-3-4-9-21(16)22-13-20(28-24-22)15-25(23(26)18-10-11-18)14-17-7-5-8-19(12-17)27-2/h3-9,12,18,20H,10-11,13-15H2,1-2H3. The summed E-state index contributed by atoms with van der Waals surface area (Å²) in [5.41, 5.74) is 4.33. The summed E-state index contributed by atoms with van der Waals surface area (Å²) in [7, 11) is 1.66. The number of nitrogens with zero attached hydrogens (tertiary/aromatic N) is 2. The highest BCUT2D eigenvalue weighted by Gasteiger charge is 2.35. The quantitative estimate of drug-likeness (QED) is 0.733. The fraction of sp³-hybridized carbons (Fsp3) is 0.391. The number of hydrogen-bond donors (Lipinski definition) is 0. The number of hydrogen-bond acceptors (Lipinski definition) is 4. The van der Waals surface area contributed by atoms with Crippen molar-refractivity contribution in [3.63, 3.8) is 0 Å². The maximum absolute atomic E-state index is 12.9. The molecule has 1 unspecified atom stereocenters. The van der Waals surface area contributed by atoms with Crippen LogP contribution in [0.15, 0.2) is 53.7 Å². The topological polar surface area (TPSA) is 51.1 Å². The predicted molar refractivity (Wildman–Crippen MR) is 108 cm³/mol. The van der Waals surface area contributed by atoms with Crippen LogP contribution in [0.25, 0.3) is 0 Å². The summed E-state index contributed by atoms with van der Waals surface area (Å²) in [6.45, 7) is 3.19. The molecular weight excluding hydrogens is 352 g/mol. The zero-order valence-corrected chi connectivity index (χ0v) is 16.4. The third-order valence-electron chi connectivity index (χ3n) is 5.36. The first-order valence-electron chi connectivity index (χ1n) is 9.84. The van der Waals surface area contributed by atoms with Gasteiger partial charge in [0, 0.05) is 24.4 Å². The van der Waals surface area contributed by atoms with E-state index in [0.717, 1.165) is 41.9 Å². The molecule has 1 aliphatic heterocycles. The van der Waals surface area contributed by atoms with E-state index < -0.39 is 0 Å². The average molecular weight is 378 g/mol. The summed E-state index contributed by atoms with van der Waals surface area (Å²) >= 11 is 0. The van der Waals surface area contributed by atoms with Crippen molar-refractivity contribution in [2.24, 2.45) is 11.1 Å². The largest absolute Gasteiger partial charge is 0.497 e. The van der Waals surface area contributed by atoms with E-state index in [1.54, 1.807) is 7.11 Å². The fourth-order valence-electron chi connectivity index (χ4n) is 3.64. The van der Waals surface area contributed by atoms with Crippen LogP contribution in [0.4, 0.5) is 0 Å². The van der Waals surface area contributed by atoms with E-state index in [1.807, 2.05) is 41.3 Å². The zero-order chi connectivity index (χ0) is 19.5. The Labute approximate surface area is 165 Å². The molecule has 2 aliphatic rings. The molecule has 0 saturated heterocycles. The van der Waals surface area contributed by atoms with Crippen LogP contribution >= 0.6 is 0 Å². The van der Waals surface area contributed by atoms with Crippen molar-refractivity contribution in [2.75, 3.05) is 13.7 Å². The van der Waals surface area contributed by atoms with Crippen LogP contribution in [0.2, 0.25) is 0 Å². The zero-order valence-electron chi connectivity index (χ0n) is 16.4. The Hall–Kier alpha value is -2.82. The van der Waals surface area contributed by atoms with Gasteiger partial charge in [-0.1, -0.05) is 41.6 Å². The molecule has 5 nitrogen and oxygen atoms in total. The highest BCUT2D eigenvalue weighted by molar-refractivity contribution is 6.02. The predicted octanol–water partition coefficient (Wildman–Crippen LogP) is 3.94. The number of carbonyl (C=O) groups excluding carboxylic acids is 1. The van der Waals surface area contributed by atoms with Crippen molar-refractivity contribution < 1.29 is 14.4 Å². The van der Waals surface area contributed by atoms with E-state index >= 15 is 0 Å². The Balaban J connectivity index is 1.45. The van der Waals surface area contributed by atoms with Crippen LogP contribution in [0, 0.1) is 12.8 Å². The molecule has 0 aromatic heterocycles. The van der Waals surface area contributed by atoms with Crippen LogP contribution in [0.1, 0.15) is 36.0 Å². The Morgan fingerprint density at radius 3 is 2.79 bits per heavy atom. The van der Waals surface area contributed by atoms with E-state index in [4.69, 9.17) is 9.57 Å². The summed E-state index contributed by atoms with van der Waals surface area (Å²) < 4.78 is 5.32. The van der Waals surface area contributed by atoms with Gasteiger partial charge in [-0.2, -0.15) is 0 Å². The first-order valence-corrected chi connectivity index (χ1v) is 9.84. The van der Waals surface area contributed by atoms with Crippen LogP contribution in [0.5, 0.6) is 5.75 Å². The lowest BCUT2D eigenvalue weighted by Crippen LogP contribution is -2.38. The van der Waals surface area contributed by atoms with Crippen LogP contribution in [-0.2, 0) is 16.2 Å². The van der Waals surface area contributed by atoms with E-state index in [1.165, 1.54) is 5.56 Å². The fourth-order valence-corrected chi connectivity index (χ4v) is 3.64. The summed E-state index contributed by atoms with van der Waals surface area (Å²) in [6, 6.07) is 16.1. The second kappa shape index (κ2) is 8.05. The van der Waals surface area contributed by atoms with Gasteiger partial charge in [0.05, 0.1) is 19.4 Å². The monoisotopic (exact) mass is 378 g/mol. The summed E-state index contributed by atoms with van der Waals surface area (Å²) in [6.07, 6.45) is 2.59. The Morgan fingerprint density at radius 2 is 2.04 bits per heavy atom. The van der Waals surface area contributed by atoms with Gasteiger partial charge in [0.25, 0.3) is 0 Å². The maximum atomic E-state index is 12.9. The Morgan fingerprint density at radius 1 is 1.21 bits per heavy atom. The molecule has 1 atom stereocenters. The van der Waals surface area contributed by atoms with Gasteiger partial charge in [0.2, 0.25) is 5.91 Å². The van der Waals surface area contributed by atoms with Gasteiger partial charge in [0.15, 0.2) is 6.10 Å². The van der Waals surface area contributed by atoms with E-state index in [9.17, 15) is 4.79 Å². The minimum absolute atomic E-state index is 0.108. The molecular formula is C23H26N2O3. The molecule has 2 aromatic rings. The van der Waals surface area contributed by atoms with E-state index in [-0.39, 0.29) is 17.9 Å². The normalized spacial score (nSPS) is 18.4. The van der Waals surface area contributed by atoms with Gasteiger partial charge < -0.3 is 14.5 Å². The minimum Gasteiger partial charge on any atom is -0.497 e. The molecule has 1 amide bonds. The molecule has 2 aromatic carbocycles. The van der Waals surface area contributed by atoms with Crippen LogP contribution in [0.3, 0.4) is 0 Å². The third kappa shape index (κ3) is 4.19. The molecule has 28 heavy (non-hydrogen) atoms. The number of carbonyl (C=O) groups is 1. The first-order chi connectivity index (χ1) is 13.6. The third-order valence-corrected chi connectivity index (χ3v) is 5.36. The highest BCUT2D eigenvalue weighted by atomic mass is 16.6. The molecule has 0 N–H and O–H groups in total. The van der Waals surface area contributed by atoms with Gasteiger partial charge in [-0.05, 0) is 43.0 Å². The molecule has 0 bridgehead atoms. The maximum Gasteiger partial charge on any atom is 0.226 e. The van der Waals surface area contributed by atoms with E-state index in [2.05, 4.69) is 24.2 Å². The van der Waals surface area contributed by atoms with Crippen LogP contribution < -0.4 is 4.74 Å². The second-order valence-electron chi connectivity index (χ2n) is 7.63. The number of aryl methyl sites for hydroxylation is 1. The number of benzene rings is 2. The van der Waals surface area contributed by atoms with Crippen molar-refractivity contribution in [3.8, 4) is 5.75 Å². The Kier molecular flexibility index (Phi) is 5.33. The molecule has 0 radical (unpaired) electrons. The number of rotatable bonds is 7. The second-order valence-corrected chi connectivity index (χ2v) is 7.63. The van der Waals surface area contributed by atoms with Gasteiger partial charge in [-0.15, -0.1) is 0 Å². The molecule has 0 spiro atoms. The number of ether oxygens (including phenoxy) is 1. The number of methoxy groups -OCH3 is 1. The van der Waals surface area contributed by atoms with Crippen molar-refractivity contribution in [2.45, 2.75) is 38.8 Å². The highest BCUT2D eigenvalue weighted by Crippen LogP contribution is 2.32. The smallest absolute Gasteiger partial charge is 0.226 e. The van der Waals surface area contributed by atoms with Crippen molar-refractivity contribution >= 4 is 11.6 Å². The van der Waals surface area contributed by atoms with Gasteiger partial charge in [-0.25, -0.2) is 0 Å². The summed E-state index contributed by atoms with van der Waals surface area (Å²) in [4.78, 5) is 20.5. The summed E-state index contributed by atoms with van der Waals surface area (Å²) in [5, 5.41) is 4.31. The molecule has 1 fully saturated rings. The van der Waals surface area contributed by atoms with Crippen molar-refractivity contribution in [1.82, 2.24) is 4.90 Å². The average Bonchev–Trinajstić information content (AvgIpc) is 3.47. The lowest BCUT2D eigenvalue weighted by molar-refractivity contribution is -0.135. The molecule has 1 aliphatic carbocycles. The van der Waals surface area contributed by atoms with Crippen LogP contribution in [-0.4, -0.2) is 36.3 Å². The molecule has 5 heteroatoms. The van der Waals surface area contributed by atoms with Crippen molar-refractivity contribution in [1.29, 1.82) is 0 Å². The van der Waals surface area contributed by atoms with Gasteiger partial charge in [0.1, 0.15) is 5.75 Å². The molecule has 146 valence electrons. The summed E-state index contributed by atoms with van der Waals surface area (Å²) in [5.74, 6) is 1.19.